The van der Waals surface area contributed by atoms with Crippen molar-refractivity contribution in [1.82, 2.24) is 4.57 Å². The Morgan fingerprint density at radius 2 is 2.00 bits per heavy atom. The Morgan fingerprint density at radius 1 is 1.33 bits per heavy atom. The Hall–Kier alpha value is -1.55. The minimum absolute atomic E-state index is 0.387. The number of benzene rings is 1. The van der Waals surface area contributed by atoms with Crippen LogP contribution in [-0.2, 0) is 6.54 Å². The normalized spacial score (nSPS) is 12.0. The molecule has 0 bridgehead atoms. The Morgan fingerprint density at radius 3 is 2.50 bits per heavy atom. The first-order valence-corrected chi connectivity index (χ1v) is 9.72. The molecule has 0 saturated heterocycles. The van der Waals surface area contributed by atoms with E-state index in [2.05, 4.69) is 25.7 Å². The smallest absolute Gasteiger partial charge is 0.352 e. The van der Waals surface area contributed by atoms with E-state index in [1.807, 2.05) is 23.6 Å². The summed E-state index contributed by atoms with van der Waals surface area (Å²) in [5, 5.41) is 11.6. The summed E-state index contributed by atoms with van der Waals surface area (Å²) in [6.07, 6.45) is 0. The highest BCUT2D eigenvalue weighted by Gasteiger charge is 2.23. The lowest BCUT2D eigenvalue weighted by atomic mass is 10.2. The molecular formula is C14H19NO2Si. The maximum atomic E-state index is 11.3. The van der Waals surface area contributed by atoms with Crippen LogP contribution >= 0.6 is 0 Å². The third-order valence-corrected chi connectivity index (χ3v) is 5.28. The van der Waals surface area contributed by atoms with Crippen molar-refractivity contribution in [3.8, 4) is 0 Å². The highest BCUT2D eigenvalue weighted by Crippen LogP contribution is 2.21. The first kappa shape index (κ1) is 12.9. The monoisotopic (exact) mass is 261 g/mol. The van der Waals surface area contributed by atoms with Crippen LogP contribution in [0, 0.1) is 0 Å². The van der Waals surface area contributed by atoms with E-state index in [0.717, 1.165) is 10.9 Å². The first-order valence-electron chi connectivity index (χ1n) is 6.22. The summed E-state index contributed by atoms with van der Waals surface area (Å²) >= 11 is 0. The van der Waals surface area contributed by atoms with Gasteiger partial charge in [-0.3, -0.25) is 0 Å². The van der Waals surface area contributed by atoms with Gasteiger partial charge in [0.05, 0.1) is 8.07 Å². The van der Waals surface area contributed by atoms with Crippen LogP contribution < -0.4 is 5.19 Å². The van der Waals surface area contributed by atoms with Crippen molar-refractivity contribution in [3.05, 3.63) is 30.0 Å². The molecule has 1 N–H and O–H groups in total. The zero-order chi connectivity index (χ0) is 13.5. The van der Waals surface area contributed by atoms with E-state index in [1.165, 1.54) is 5.19 Å². The summed E-state index contributed by atoms with van der Waals surface area (Å²) in [7, 11) is -1.48. The van der Waals surface area contributed by atoms with Gasteiger partial charge < -0.3 is 9.67 Å². The van der Waals surface area contributed by atoms with Crippen LogP contribution in [-0.4, -0.2) is 23.7 Å². The number of rotatable bonds is 3. The second-order valence-corrected chi connectivity index (χ2v) is 10.6. The number of carbonyl (C=O) groups is 1. The van der Waals surface area contributed by atoms with Crippen LogP contribution in [0.3, 0.4) is 0 Å². The molecule has 2 rings (SSSR count). The molecule has 0 amide bonds. The zero-order valence-corrected chi connectivity index (χ0v) is 12.3. The van der Waals surface area contributed by atoms with Gasteiger partial charge in [-0.2, -0.15) is 0 Å². The first-order chi connectivity index (χ1) is 8.36. The van der Waals surface area contributed by atoms with Crippen molar-refractivity contribution in [3.63, 3.8) is 0 Å². The quantitative estimate of drug-likeness (QED) is 0.863. The van der Waals surface area contributed by atoms with Crippen molar-refractivity contribution in [2.75, 3.05) is 0 Å². The lowest BCUT2D eigenvalue weighted by Crippen LogP contribution is -2.39. The van der Waals surface area contributed by atoms with Gasteiger partial charge in [-0.05, 0) is 18.2 Å². The van der Waals surface area contributed by atoms with Crippen molar-refractivity contribution in [2.45, 2.75) is 33.1 Å². The van der Waals surface area contributed by atoms with E-state index in [0.29, 0.717) is 12.2 Å². The SMILES string of the molecule is CCn1c(C(=O)O)cc2cccc([Si](C)(C)C)c21. The highest BCUT2D eigenvalue weighted by molar-refractivity contribution is 6.90. The lowest BCUT2D eigenvalue weighted by molar-refractivity contribution is 0.0686. The zero-order valence-electron chi connectivity index (χ0n) is 11.3. The highest BCUT2D eigenvalue weighted by atomic mass is 28.3. The Labute approximate surface area is 108 Å². The number of carboxylic acids is 1. The summed E-state index contributed by atoms with van der Waals surface area (Å²) in [6.45, 7) is 9.54. The molecule has 4 heteroatoms. The summed E-state index contributed by atoms with van der Waals surface area (Å²) < 4.78 is 1.92. The van der Waals surface area contributed by atoms with Gasteiger partial charge in [-0.25, -0.2) is 4.79 Å². The number of aromatic carboxylic acids is 1. The molecule has 1 aromatic carbocycles. The van der Waals surface area contributed by atoms with Gasteiger partial charge in [-0.15, -0.1) is 0 Å². The molecule has 0 aliphatic carbocycles. The van der Waals surface area contributed by atoms with Gasteiger partial charge in [0.15, 0.2) is 0 Å². The summed E-state index contributed by atoms with van der Waals surface area (Å²) in [6, 6.07) is 7.95. The molecule has 0 saturated carbocycles. The Bertz CT molecular complexity index is 608. The number of aromatic nitrogens is 1. The molecule has 0 fully saturated rings. The number of nitrogens with zero attached hydrogens (tertiary/aromatic N) is 1. The molecular weight excluding hydrogens is 242 g/mol. The van der Waals surface area contributed by atoms with Gasteiger partial charge in [0.2, 0.25) is 0 Å². The second-order valence-electron chi connectivity index (χ2n) is 5.57. The van der Waals surface area contributed by atoms with E-state index < -0.39 is 14.0 Å². The molecule has 3 nitrogen and oxygen atoms in total. The van der Waals surface area contributed by atoms with E-state index in [-0.39, 0.29) is 0 Å². The summed E-state index contributed by atoms with van der Waals surface area (Å²) in [4.78, 5) is 11.3. The topological polar surface area (TPSA) is 42.2 Å². The van der Waals surface area contributed by atoms with E-state index >= 15 is 0 Å². The number of carboxylic acid groups (broad SMARTS) is 1. The lowest BCUT2D eigenvalue weighted by Gasteiger charge is -2.19. The number of hydrogen-bond donors (Lipinski definition) is 1. The van der Waals surface area contributed by atoms with Gasteiger partial charge in [0.25, 0.3) is 0 Å². The minimum Gasteiger partial charge on any atom is -0.477 e. The van der Waals surface area contributed by atoms with Crippen LogP contribution in [0.5, 0.6) is 0 Å². The van der Waals surface area contributed by atoms with Crippen molar-refractivity contribution >= 4 is 30.1 Å². The third kappa shape index (κ3) is 1.97. The molecule has 2 aromatic rings. The fourth-order valence-corrected chi connectivity index (χ4v) is 4.02. The fraction of sp³-hybridized carbons (Fsp3) is 0.357. The molecule has 0 aliphatic heterocycles. The Kier molecular flexibility index (Phi) is 3.07. The number of para-hydroxylation sites is 1. The van der Waals surface area contributed by atoms with Crippen LogP contribution in [0.2, 0.25) is 19.6 Å². The van der Waals surface area contributed by atoms with Gasteiger partial charge >= 0.3 is 5.97 Å². The molecule has 96 valence electrons. The molecule has 0 radical (unpaired) electrons. The standard InChI is InChI=1S/C14H19NO2Si/c1-5-15-11(14(16)17)9-10-7-6-8-12(13(10)15)18(2,3)4/h6-9H,5H2,1-4H3,(H,16,17). The van der Waals surface area contributed by atoms with E-state index in [4.69, 9.17) is 0 Å². The molecule has 0 atom stereocenters. The Balaban J connectivity index is 2.87. The van der Waals surface area contributed by atoms with E-state index in [1.54, 1.807) is 6.07 Å². The molecule has 0 aliphatic rings. The van der Waals surface area contributed by atoms with Gasteiger partial charge in [0.1, 0.15) is 5.69 Å². The molecule has 0 unspecified atom stereocenters. The van der Waals surface area contributed by atoms with Gasteiger partial charge in [0, 0.05) is 17.4 Å². The number of fused-ring (bicyclic) bond motifs is 1. The number of aryl methyl sites for hydroxylation is 1. The third-order valence-electron chi connectivity index (χ3n) is 3.26. The molecule has 1 aromatic heterocycles. The minimum atomic E-state index is -1.48. The largest absolute Gasteiger partial charge is 0.477 e. The van der Waals surface area contributed by atoms with Crippen LogP contribution in [0.25, 0.3) is 10.9 Å². The fourth-order valence-electron chi connectivity index (χ4n) is 2.44. The average Bonchev–Trinajstić information content (AvgIpc) is 2.65. The summed E-state index contributed by atoms with van der Waals surface area (Å²) in [5.74, 6) is -0.852. The van der Waals surface area contributed by atoms with Crippen molar-refractivity contribution < 1.29 is 9.90 Å². The maximum Gasteiger partial charge on any atom is 0.352 e. The maximum absolute atomic E-state index is 11.3. The second kappa shape index (κ2) is 4.28. The predicted molar refractivity (Wildman–Crippen MR) is 77.6 cm³/mol. The molecule has 18 heavy (non-hydrogen) atoms. The molecule has 1 heterocycles. The van der Waals surface area contributed by atoms with Crippen LogP contribution in [0.4, 0.5) is 0 Å². The van der Waals surface area contributed by atoms with Gasteiger partial charge in [-0.1, -0.05) is 37.8 Å². The van der Waals surface area contributed by atoms with E-state index in [9.17, 15) is 9.90 Å². The number of hydrogen-bond acceptors (Lipinski definition) is 1. The van der Waals surface area contributed by atoms with Crippen LogP contribution in [0.1, 0.15) is 17.4 Å². The molecule has 0 spiro atoms. The van der Waals surface area contributed by atoms with Crippen molar-refractivity contribution in [1.29, 1.82) is 0 Å². The average molecular weight is 261 g/mol. The summed E-state index contributed by atoms with van der Waals surface area (Å²) in [5.41, 5.74) is 1.50. The predicted octanol–water partition coefficient (Wildman–Crippen LogP) is 2.90. The van der Waals surface area contributed by atoms with Crippen molar-refractivity contribution in [2.24, 2.45) is 0 Å². The van der Waals surface area contributed by atoms with Crippen LogP contribution in [0.15, 0.2) is 24.3 Å².